The molecule has 1 aromatic carbocycles. The number of hydrogen-bond donors (Lipinski definition) is 2. The average Bonchev–Trinajstić information content (AvgIpc) is 2.33. The van der Waals surface area contributed by atoms with Gasteiger partial charge in [-0.2, -0.15) is 13.2 Å². The van der Waals surface area contributed by atoms with Crippen molar-refractivity contribution < 1.29 is 21.6 Å². The van der Waals surface area contributed by atoms with Gasteiger partial charge < -0.3 is 5.32 Å². The van der Waals surface area contributed by atoms with E-state index in [0.717, 1.165) is 12.1 Å². The Bertz CT molecular complexity index is 565. The van der Waals surface area contributed by atoms with Crippen LogP contribution in [-0.4, -0.2) is 28.1 Å². The molecular weight excluding hydrogens is 352 g/mol. The highest BCUT2D eigenvalue weighted by Gasteiger charge is 2.38. The molecule has 0 aromatic heterocycles. The second kappa shape index (κ2) is 8.19. The predicted molar refractivity (Wildman–Crippen MR) is 77.4 cm³/mol. The van der Waals surface area contributed by atoms with Crippen LogP contribution in [0, 0.1) is 0 Å². The second-order valence-electron chi connectivity index (χ2n) is 3.87. The lowest BCUT2D eigenvalue weighted by atomic mass is 10.2. The van der Waals surface area contributed by atoms with E-state index in [9.17, 15) is 21.6 Å². The second-order valence-corrected chi connectivity index (χ2v) is 5.98. The number of hydrogen-bond acceptors (Lipinski definition) is 3. The number of likely N-dealkylation sites (N-methyl/N-ethyl adjacent to an activating group) is 1. The predicted octanol–water partition coefficient (Wildman–Crippen LogP) is 2.67. The Kier molecular flexibility index (Phi) is 7.98. The van der Waals surface area contributed by atoms with Gasteiger partial charge >= 0.3 is 6.18 Å². The van der Waals surface area contributed by atoms with Crippen molar-refractivity contribution >= 4 is 34.0 Å². The zero-order valence-corrected chi connectivity index (χ0v) is 13.4. The third kappa shape index (κ3) is 5.63. The van der Waals surface area contributed by atoms with Crippen molar-refractivity contribution in [1.82, 2.24) is 10.0 Å². The van der Waals surface area contributed by atoms with E-state index in [1.807, 2.05) is 6.92 Å². The molecule has 0 aliphatic carbocycles. The molecule has 0 heterocycles. The van der Waals surface area contributed by atoms with Gasteiger partial charge in [-0.25, -0.2) is 13.1 Å². The maximum Gasteiger partial charge on any atom is 0.417 e. The summed E-state index contributed by atoms with van der Waals surface area (Å²) in [6.45, 7) is 2.73. The fourth-order valence-corrected chi connectivity index (χ4v) is 3.32. The molecule has 122 valence electrons. The lowest BCUT2D eigenvalue weighted by molar-refractivity contribution is -0.139. The van der Waals surface area contributed by atoms with Crippen LogP contribution in [-0.2, 0) is 16.2 Å². The number of benzene rings is 1. The third-order valence-corrected chi connectivity index (χ3v) is 4.37. The van der Waals surface area contributed by atoms with E-state index < -0.39 is 31.7 Å². The van der Waals surface area contributed by atoms with E-state index >= 15 is 0 Å². The molecule has 0 saturated carbocycles. The van der Waals surface area contributed by atoms with Gasteiger partial charge in [0.05, 0.1) is 10.6 Å². The van der Waals surface area contributed by atoms with E-state index in [2.05, 4.69) is 10.0 Å². The molecule has 0 spiro atoms. The molecule has 4 nitrogen and oxygen atoms in total. The molecule has 0 aliphatic rings. The van der Waals surface area contributed by atoms with E-state index in [0.29, 0.717) is 19.2 Å². The first-order chi connectivity index (χ1) is 9.20. The largest absolute Gasteiger partial charge is 0.417 e. The Labute approximate surface area is 132 Å². The van der Waals surface area contributed by atoms with Crippen LogP contribution in [0.2, 0.25) is 5.02 Å². The molecule has 10 heteroatoms. The maximum absolute atomic E-state index is 12.8. The summed E-state index contributed by atoms with van der Waals surface area (Å²) >= 11 is 5.63. The minimum atomic E-state index is -4.79. The minimum Gasteiger partial charge on any atom is -0.316 e. The lowest BCUT2D eigenvalue weighted by Gasteiger charge is -2.15. The van der Waals surface area contributed by atoms with Crippen LogP contribution >= 0.6 is 24.0 Å². The Morgan fingerprint density at radius 2 is 1.86 bits per heavy atom. The summed E-state index contributed by atoms with van der Waals surface area (Å²) < 4.78 is 64.5. The smallest absolute Gasteiger partial charge is 0.316 e. The lowest BCUT2D eigenvalue weighted by Crippen LogP contribution is -2.33. The normalized spacial score (nSPS) is 12.0. The molecule has 0 saturated heterocycles. The molecule has 21 heavy (non-hydrogen) atoms. The van der Waals surface area contributed by atoms with Crippen LogP contribution in [0.15, 0.2) is 23.1 Å². The number of sulfonamides is 1. The number of alkyl halides is 3. The van der Waals surface area contributed by atoms with Gasteiger partial charge in [0.2, 0.25) is 10.0 Å². The first-order valence-electron chi connectivity index (χ1n) is 5.76. The van der Waals surface area contributed by atoms with Crippen LogP contribution < -0.4 is 10.0 Å². The number of halogens is 5. The molecule has 0 atom stereocenters. The quantitative estimate of drug-likeness (QED) is 0.761. The minimum absolute atomic E-state index is 0. The van der Waals surface area contributed by atoms with E-state index in [-0.39, 0.29) is 19.0 Å². The fourth-order valence-electron chi connectivity index (χ4n) is 1.53. The summed E-state index contributed by atoms with van der Waals surface area (Å²) in [7, 11) is -4.33. The average molecular weight is 367 g/mol. The van der Waals surface area contributed by atoms with Gasteiger partial charge in [-0.15, -0.1) is 12.4 Å². The Morgan fingerprint density at radius 1 is 1.24 bits per heavy atom. The van der Waals surface area contributed by atoms with Gasteiger partial charge in [0, 0.05) is 13.1 Å². The van der Waals surface area contributed by atoms with Gasteiger partial charge in [-0.1, -0.05) is 24.6 Å². The van der Waals surface area contributed by atoms with E-state index in [4.69, 9.17) is 11.6 Å². The maximum atomic E-state index is 12.8. The van der Waals surface area contributed by atoms with Crippen molar-refractivity contribution in [3.63, 3.8) is 0 Å². The molecule has 2 N–H and O–H groups in total. The topological polar surface area (TPSA) is 58.2 Å². The van der Waals surface area contributed by atoms with Crippen LogP contribution in [0.5, 0.6) is 0 Å². The molecule has 1 rings (SSSR count). The first kappa shape index (κ1) is 20.5. The van der Waals surface area contributed by atoms with Crippen molar-refractivity contribution in [1.29, 1.82) is 0 Å². The van der Waals surface area contributed by atoms with Gasteiger partial charge in [0.15, 0.2) is 0 Å². The first-order valence-corrected chi connectivity index (χ1v) is 7.62. The number of nitrogens with one attached hydrogen (secondary N) is 2. The molecule has 0 bridgehead atoms. The van der Waals surface area contributed by atoms with Crippen LogP contribution in [0.3, 0.4) is 0 Å². The van der Waals surface area contributed by atoms with Crippen molar-refractivity contribution in [3.05, 3.63) is 28.8 Å². The Hall–Kier alpha value is -0.540. The summed E-state index contributed by atoms with van der Waals surface area (Å²) in [5.41, 5.74) is -1.28. The summed E-state index contributed by atoms with van der Waals surface area (Å²) in [5, 5.41) is 2.39. The summed E-state index contributed by atoms with van der Waals surface area (Å²) in [5.74, 6) is 0. The molecule has 1 aromatic rings. The molecule has 0 aliphatic heterocycles. The van der Waals surface area contributed by atoms with Gasteiger partial charge in [0.1, 0.15) is 4.90 Å². The highest BCUT2D eigenvalue weighted by molar-refractivity contribution is 7.89. The third-order valence-electron chi connectivity index (χ3n) is 2.38. The van der Waals surface area contributed by atoms with Crippen molar-refractivity contribution in [2.75, 3.05) is 19.6 Å². The van der Waals surface area contributed by atoms with E-state index in [1.54, 1.807) is 0 Å². The molecular formula is C11H15Cl2F3N2O2S. The SMILES string of the molecule is CCNCCNS(=O)(=O)c1c(Cl)cccc1C(F)(F)F.Cl. The standard InChI is InChI=1S/C11H14ClF3N2O2S.ClH/c1-2-16-6-7-17-20(18,19)10-8(11(13,14)15)4-3-5-9(10)12;/h3-5,16-17H,2,6-7H2,1H3;1H. The van der Waals surface area contributed by atoms with E-state index in [1.165, 1.54) is 0 Å². The fraction of sp³-hybridized carbons (Fsp3) is 0.455. The van der Waals surface area contributed by atoms with Gasteiger partial charge in [-0.3, -0.25) is 0 Å². The van der Waals surface area contributed by atoms with Crippen molar-refractivity contribution in [2.24, 2.45) is 0 Å². The zero-order chi connectivity index (χ0) is 15.4. The highest BCUT2D eigenvalue weighted by atomic mass is 35.5. The van der Waals surface area contributed by atoms with Gasteiger partial charge in [0.25, 0.3) is 0 Å². The number of rotatable bonds is 6. The summed E-state index contributed by atoms with van der Waals surface area (Å²) in [6.07, 6.45) is -4.79. The summed E-state index contributed by atoms with van der Waals surface area (Å²) in [6, 6.07) is 2.85. The Morgan fingerprint density at radius 3 is 2.38 bits per heavy atom. The molecule has 0 unspecified atom stereocenters. The molecule has 0 amide bonds. The zero-order valence-electron chi connectivity index (χ0n) is 11.0. The van der Waals surface area contributed by atoms with Crippen LogP contribution in [0.4, 0.5) is 13.2 Å². The van der Waals surface area contributed by atoms with Crippen molar-refractivity contribution in [3.8, 4) is 0 Å². The van der Waals surface area contributed by atoms with Crippen molar-refractivity contribution in [2.45, 2.75) is 18.0 Å². The van der Waals surface area contributed by atoms with Crippen LogP contribution in [0.1, 0.15) is 12.5 Å². The molecule has 0 fully saturated rings. The Balaban J connectivity index is 0.00000400. The van der Waals surface area contributed by atoms with Crippen LogP contribution in [0.25, 0.3) is 0 Å². The summed E-state index contributed by atoms with van der Waals surface area (Å²) in [4.78, 5) is -0.939. The van der Waals surface area contributed by atoms with Gasteiger partial charge in [-0.05, 0) is 18.7 Å². The molecule has 0 radical (unpaired) electrons. The monoisotopic (exact) mass is 366 g/mol. The highest BCUT2D eigenvalue weighted by Crippen LogP contribution is 2.37.